The molecule has 1 aliphatic heterocycles. The van der Waals surface area contributed by atoms with E-state index >= 15 is 0 Å². The van der Waals surface area contributed by atoms with Crippen molar-refractivity contribution in [1.82, 2.24) is 0 Å². The number of benzene rings is 2. The van der Waals surface area contributed by atoms with Gasteiger partial charge in [-0.1, -0.05) is 45.0 Å². The molecule has 0 saturated carbocycles. The first-order valence-corrected chi connectivity index (χ1v) is 10.4. The molecule has 0 fully saturated rings. The van der Waals surface area contributed by atoms with Crippen LogP contribution >= 0.6 is 0 Å². The Balaban J connectivity index is 1.50. The van der Waals surface area contributed by atoms with Crippen LogP contribution in [0.5, 0.6) is 11.5 Å². The van der Waals surface area contributed by atoms with Crippen LogP contribution in [-0.2, 0) is 22.4 Å². The van der Waals surface area contributed by atoms with Gasteiger partial charge in [0.1, 0.15) is 17.6 Å². The van der Waals surface area contributed by atoms with Crippen molar-refractivity contribution in [3.8, 4) is 11.5 Å². The van der Waals surface area contributed by atoms with E-state index in [9.17, 15) is 4.79 Å². The van der Waals surface area contributed by atoms with Crippen LogP contribution in [0.25, 0.3) is 0 Å². The molecule has 2 aromatic carbocycles. The van der Waals surface area contributed by atoms with E-state index in [0.717, 1.165) is 36.3 Å². The van der Waals surface area contributed by atoms with E-state index in [-0.39, 0.29) is 23.4 Å². The van der Waals surface area contributed by atoms with Gasteiger partial charge in [-0.25, -0.2) is 0 Å². The average Bonchev–Trinajstić information content (AvgIpc) is 3.25. The summed E-state index contributed by atoms with van der Waals surface area (Å²) in [6.45, 7) is 7.37. The number of fused-ring (bicyclic) bond motifs is 2. The zero-order valence-corrected chi connectivity index (χ0v) is 17.8. The largest absolute Gasteiger partial charge is 0.492 e. The Morgan fingerprint density at radius 3 is 2.76 bits per heavy atom. The minimum absolute atomic E-state index is 0.0543. The monoisotopic (exact) mass is 394 g/mol. The molecule has 0 radical (unpaired) electrons. The van der Waals surface area contributed by atoms with Crippen LogP contribution < -0.4 is 9.47 Å². The summed E-state index contributed by atoms with van der Waals surface area (Å²) in [5.74, 6) is 1.48. The van der Waals surface area contributed by atoms with E-state index in [1.54, 1.807) is 0 Å². The van der Waals surface area contributed by atoms with Gasteiger partial charge in [-0.3, -0.25) is 4.79 Å². The summed E-state index contributed by atoms with van der Waals surface area (Å²) >= 11 is 0. The minimum Gasteiger partial charge on any atom is -0.492 e. The van der Waals surface area contributed by atoms with Crippen LogP contribution in [0.4, 0.5) is 0 Å². The Labute approximate surface area is 173 Å². The van der Waals surface area contributed by atoms with Crippen LogP contribution in [0.2, 0.25) is 0 Å². The molecule has 4 nitrogen and oxygen atoms in total. The highest BCUT2D eigenvalue weighted by molar-refractivity contribution is 5.71. The molecule has 2 atom stereocenters. The number of hydrogen-bond donors (Lipinski definition) is 0. The van der Waals surface area contributed by atoms with Crippen LogP contribution in [0.15, 0.2) is 36.4 Å². The summed E-state index contributed by atoms with van der Waals surface area (Å²) in [7, 11) is 1.42. The number of methoxy groups -OCH3 is 1. The number of carbonyl (C=O) groups excluding carboxylic acids is 1. The van der Waals surface area contributed by atoms with Crippen molar-refractivity contribution in [1.29, 1.82) is 0 Å². The molecule has 2 aromatic rings. The zero-order valence-electron chi connectivity index (χ0n) is 17.8. The summed E-state index contributed by atoms with van der Waals surface area (Å²) in [5.41, 5.74) is 5.55. The van der Waals surface area contributed by atoms with Crippen LogP contribution in [0.1, 0.15) is 67.9 Å². The molecule has 0 spiro atoms. The van der Waals surface area contributed by atoms with E-state index in [1.807, 2.05) is 18.2 Å². The lowest BCUT2D eigenvalue weighted by atomic mass is 9.85. The molecule has 0 bridgehead atoms. The first-order valence-electron chi connectivity index (χ1n) is 10.4. The molecule has 1 aliphatic carbocycles. The van der Waals surface area contributed by atoms with Gasteiger partial charge in [0.25, 0.3) is 0 Å². The third-order valence-corrected chi connectivity index (χ3v) is 5.82. The minimum atomic E-state index is -0.208. The predicted octanol–water partition coefficient (Wildman–Crippen LogP) is 5.38. The Kier molecular flexibility index (Phi) is 5.28. The summed E-state index contributed by atoms with van der Waals surface area (Å²) < 4.78 is 17.0. The Morgan fingerprint density at radius 1 is 1.17 bits per heavy atom. The molecule has 29 heavy (non-hydrogen) atoms. The first-order chi connectivity index (χ1) is 13.8. The molecular weight excluding hydrogens is 364 g/mol. The van der Waals surface area contributed by atoms with E-state index in [1.165, 1.54) is 23.8 Å². The lowest BCUT2D eigenvalue weighted by Crippen LogP contribution is -2.11. The fourth-order valence-corrected chi connectivity index (χ4v) is 4.50. The highest BCUT2D eigenvalue weighted by atomic mass is 16.5. The second-order valence-corrected chi connectivity index (χ2v) is 9.36. The van der Waals surface area contributed by atoms with Crippen molar-refractivity contribution in [3.63, 3.8) is 0 Å². The molecule has 1 unspecified atom stereocenters. The Hall–Kier alpha value is -2.49. The van der Waals surface area contributed by atoms with Crippen molar-refractivity contribution in [2.75, 3.05) is 13.7 Å². The summed E-state index contributed by atoms with van der Waals surface area (Å²) in [5, 5.41) is 0. The standard InChI is InChI=1S/C25H30O4/c1-25(2,3)14-16-6-5-7-21-19(16)10-11-22(21)29-18-8-9-20-17(12-24(26)27-4)15-28-23(20)13-18/h5-9,13,17,22H,10-12,14-15H2,1-4H3/t17?,22-/m1/s1. The second kappa shape index (κ2) is 7.74. The number of esters is 1. The second-order valence-electron chi connectivity index (χ2n) is 9.36. The van der Waals surface area contributed by atoms with E-state index in [4.69, 9.17) is 14.2 Å². The summed E-state index contributed by atoms with van der Waals surface area (Å²) in [4.78, 5) is 11.6. The maximum atomic E-state index is 11.6. The van der Waals surface area contributed by atoms with Gasteiger partial charge in [-0.2, -0.15) is 0 Å². The van der Waals surface area contributed by atoms with Gasteiger partial charge < -0.3 is 14.2 Å². The van der Waals surface area contributed by atoms with Crippen molar-refractivity contribution < 1.29 is 19.0 Å². The number of ether oxygens (including phenoxy) is 3. The van der Waals surface area contributed by atoms with E-state index < -0.39 is 0 Å². The maximum absolute atomic E-state index is 11.6. The van der Waals surface area contributed by atoms with Crippen molar-refractivity contribution in [2.24, 2.45) is 5.41 Å². The molecule has 0 N–H and O–H groups in total. The van der Waals surface area contributed by atoms with Gasteiger partial charge in [0.15, 0.2) is 0 Å². The van der Waals surface area contributed by atoms with Gasteiger partial charge in [0, 0.05) is 17.5 Å². The Morgan fingerprint density at radius 2 is 2.00 bits per heavy atom. The van der Waals surface area contributed by atoms with Crippen molar-refractivity contribution in [3.05, 3.63) is 58.7 Å². The highest BCUT2D eigenvalue weighted by Crippen LogP contribution is 2.42. The van der Waals surface area contributed by atoms with Crippen LogP contribution in [0.3, 0.4) is 0 Å². The zero-order chi connectivity index (χ0) is 20.6. The van der Waals surface area contributed by atoms with Gasteiger partial charge in [-0.15, -0.1) is 0 Å². The summed E-state index contributed by atoms with van der Waals surface area (Å²) in [6.07, 6.45) is 3.57. The fourth-order valence-electron chi connectivity index (χ4n) is 4.50. The molecule has 0 aromatic heterocycles. The van der Waals surface area contributed by atoms with Gasteiger partial charge >= 0.3 is 5.97 Å². The lowest BCUT2D eigenvalue weighted by Gasteiger charge is -2.21. The topological polar surface area (TPSA) is 44.8 Å². The van der Waals surface area contributed by atoms with Crippen LogP contribution in [0, 0.1) is 5.41 Å². The predicted molar refractivity (Wildman–Crippen MR) is 113 cm³/mol. The molecule has 2 aliphatic rings. The van der Waals surface area contributed by atoms with Gasteiger partial charge in [0.05, 0.1) is 20.1 Å². The molecule has 4 heteroatoms. The molecule has 0 saturated heterocycles. The lowest BCUT2D eigenvalue weighted by molar-refractivity contribution is -0.141. The quantitative estimate of drug-likeness (QED) is 0.639. The first kappa shape index (κ1) is 19.8. The summed E-state index contributed by atoms with van der Waals surface area (Å²) in [6, 6.07) is 12.6. The molecular formula is C25H30O4. The van der Waals surface area contributed by atoms with E-state index in [2.05, 4.69) is 39.0 Å². The normalized spacial score (nSPS) is 20.0. The third-order valence-electron chi connectivity index (χ3n) is 5.82. The fraction of sp³-hybridized carbons (Fsp3) is 0.480. The average molecular weight is 395 g/mol. The SMILES string of the molecule is COC(=O)CC1COc2cc(O[C@@H]3CCc4c(CC(C)(C)C)cccc43)ccc21. The van der Waals surface area contributed by atoms with Gasteiger partial charge in [-0.05, 0) is 47.4 Å². The molecule has 154 valence electrons. The Bertz CT molecular complexity index is 910. The highest BCUT2D eigenvalue weighted by Gasteiger charge is 2.30. The van der Waals surface area contributed by atoms with Crippen molar-refractivity contribution >= 4 is 5.97 Å². The number of carbonyl (C=O) groups is 1. The molecule has 1 heterocycles. The smallest absolute Gasteiger partial charge is 0.306 e. The third kappa shape index (κ3) is 4.26. The van der Waals surface area contributed by atoms with Crippen molar-refractivity contribution in [2.45, 2.75) is 58.5 Å². The molecule has 0 amide bonds. The van der Waals surface area contributed by atoms with Crippen LogP contribution in [-0.4, -0.2) is 19.7 Å². The maximum Gasteiger partial charge on any atom is 0.306 e. The van der Waals surface area contributed by atoms with E-state index in [0.29, 0.717) is 13.0 Å². The molecule has 4 rings (SSSR count). The van der Waals surface area contributed by atoms with Gasteiger partial charge in [0.2, 0.25) is 0 Å². The number of rotatable bonds is 5. The number of hydrogen-bond acceptors (Lipinski definition) is 4.